The third-order valence-corrected chi connectivity index (χ3v) is 3.70. The molecular formula is C16H35NO. The molecule has 0 aliphatic carbocycles. The number of unbranched alkanes of at least 4 members (excludes halogenated alkanes) is 4. The molecule has 2 nitrogen and oxygen atoms in total. The number of rotatable bonds is 12. The molecule has 2 N–H and O–H groups in total. The van der Waals surface area contributed by atoms with Crippen molar-refractivity contribution in [2.24, 2.45) is 5.92 Å². The zero-order valence-electron chi connectivity index (χ0n) is 13.0. The minimum atomic E-state index is -0.204. The maximum absolute atomic E-state index is 9.86. The second-order valence-corrected chi connectivity index (χ2v) is 5.91. The van der Waals surface area contributed by atoms with Gasteiger partial charge in [0, 0.05) is 12.6 Å². The van der Waals surface area contributed by atoms with Crippen LogP contribution < -0.4 is 5.32 Å². The summed E-state index contributed by atoms with van der Waals surface area (Å²) in [5.74, 6) is 0.351. The van der Waals surface area contributed by atoms with Crippen molar-refractivity contribution in [3.05, 3.63) is 0 Å². The maximum atomic E-state index is 9.86. The largest absolute Gasteiger partial charge is 0.392 e. The number of hydrogen-bond acceptors (Lipinski definition) is 2. The molecule has 0 fully saturated rings. The van der Waals surface area contributed by atoms with Crippen LogP contribution in [0, 0.1) is 5.92 Å². The Morgan fingerprint density at radius 1 is 0.889 bits per heavy atom. The normalized spacial score (nSPS) is 13.5. The molecule has 0 aliphatic heterocycles. The maximum Gasteiger partial charge on any atom is 0.0687 e. The van der Waals surface area contributed by atoms with Gasteiger partial charge in [0.05, 0.1) is 6.10 Å². The Kier molecular flexibility index (Phi) is 11.9. The summed E-state index contributed by atoms with van der Waals surface area (Å²) in [5, 5.41) is 13.4. The summed E-state index contributed by atoms with van der Waals surface area (Å²) in [4.78, 5) is 0. The molecule has 0 aliphatic rings. The van der Waals surface area contributed by atoms with E-state index in [0.717, 1.165) is 6.54 Å². The van der Waals surface area contributed by atoms with Gasteiger partial charge in [-0.15, -0.1) is 0 Å². The van der Waals surface area contributed by atoms with Crippen LogP contribution in [0.2, 0.25) is 0 Å². The first-order valence-electron chi connectivity index (χ1n) is 8.03. The first kappa shape index (κ1) is 17.9. The molecule has 0 aromatic heterocycles. The van der Waals surface area contributed by atoms with Gasteiger partial charge in [-0.05, 0) is 18.8 Å². The molecule has 0 heterocycles. The van der Waals surface area contributed by atoms with Crippen molar-refractivity contribution in [2.45, 2.75) is 91.2 Å². The molecule has 18 heavy (non-hydrogen) atoms. The van der Waals surface area contributed by atoms with Crippen LogP contribution in [0.1, 0.15) is 79.1 Å². The quantitative estimate of drug-likeness (QED) is 0.515. The lowest BCUT2D eigenvalue weighted by atomic mass is 10.0. The van der Waals surface area contributed by atoms with Gasteiger partial charge in [-0.25, -0.2) is 0 Å². The van der Waals surface area contributed by atoms with Crippen LogP contribution in [-0.4, -0.2) is 23.8 Å². The van der Waals surface area contributed by atoms with Gasteiger partial charge >= 0.3 is 0 Å². The van der Waals surface area contributed by atoms with Gasteiger partial charge in [0.2, 0.25) is 0 Å². The van der Waals surface area contributed by atoms with E-state index in [2.05, 4.69) is 33.0 Å². The summed E-state index contributed by atoms with van der Waals surface area (Å²) in [6, 6.07) is 0.608. The molecule has 0 spiro atoms. The Bertz CT molecular complexity index is 160. The van der Waals surface area contributed by atoms with Gasteiger partial charge in [-0.1, -0.05) is 66.2 Å². The third-order valence-electron chi connectivity index (χ3n) is 3.70. The van der Waals surface area contributed by atoms with E-state index in [1.54, 1.807) is 0 Å². The van der Waals surface area contributed by atoms with E-state index in [1.807, 2.05) is 0 Å². The average Bonchev–Trinajstić information content (AvgIpc) is 2.35. The molecule has 0 aromatic rings. The van der Waals surface area contributed by atoms with Gasteiger partial charge in [0.25, 0.3) is 0 Å². The fourth-order valence-electron chi connectivity index (χ4n) is 2.15. The first-order chi connectivity index (χ1) is 8.61. The lowest BCUT2D eigenvalue weighted by molar-refractivity contribution is 0.118. The molecule has 0 radical (unpaired) electrons. The second-order valence-electron chi connectivity index (χ2n) is 5.91. The Balaban J connectivity index is 3.87. The highest BCUT2D eigenvalue weighted by Crippen LogP contribution is 2.11. The number of hydrogen-bond donors (Lipinski definition) is 2. The van der Waals surface area contributed by atoms with Crippen molar-refractivity contribution in [2.75, 3.05) is 6.54 Å². The van der Waals surface area contributed by atoms with Crippen LogP contribution in [0.4, 0.5) is 0 Å². The SMILES string of the molecule is CCCCCC(CCCCC)NCC(O)C(C)C. The molecule has 1 unspecified atom stereocenters. The fourth-order valence-corrected chi connectivity index (χ4v) is 2.15. The summed E-state index contributed by atoms with van der Waals surface area (Å²) in [6.45, 7) is 9.41. The van der Waals surface area contributed by atoms with E-state index >= 15 is 0 Å². The van der Waals surface area contributed by atoms with Crippen LogP contribution in [0.25, 0.3) is 0 Å². The van der Waals surface area contributed by atoms with E-state index in [0.29, 0.717) is 12.0 Å². The van der Waals surface area contributed by atoms with E-state index in [9.17, 15) is 5.11 Å². The molecule has 0 saturated carbocycles. The van der Waals surface area contributed by atoms with Gasteiger partial charge in [-0.2, -0.15) is 0 Å². The molecule has 1 atom stereocenters. The monoisotopic (exact) mass is 257 g/mol. The second kappa shape index (κ2) is 12.0. The number of nitrogens with one attached hydrogen (secondary N) is 1. The summed E-state index contributed by atoms with van der Waals surface area (Å²) in [6.07, 6.45) is 10.2. The molecular weight excluding hydrogens is 222 g/mol. The van der Waals surface area contributed by atoms with E-state index in [1.165, 1.54) is 51.4 Å². The highest BCUT2D eigenvalue weighted by atomic mass is 16.3. The van der Waals surface area contributed by atoms with Crippen molar-refractivity contribution in [1.29, 1.82) is 0 Å². The minimum Gasteiger partial charge on any atom is -0.392 e. The highest BCUT2D eigenvalue weighted by Gasteiger charge is 2.12. The highest BCUT2D eigenvalue weighted by molar-refractivity contribution is 4.71. The first-order valence-corrected chi connectivity index (χ1v) is 8.03. The van der Waals surface area contributed by atoms with Gasteiger partial charge in [0.15, 0.2) is 0 Å². The van der Waals surface area contributed by atoms with Crippen LogP contribution in [-0.2, 0) is 0 Å². The van der Waals surface area contributed by atoms with Crippen molar-refractivity contribution in [3.8, 4) is 0 Å². The molecule has 0 bridgehead atoms. The van der Waals surface area contributed by atoms with Gasteiger partial charge in [0.1, 0.15) is 0 Å². The van der Waals surface area contributed by atoms with E-state index < -0.39 is 0 Å². The summed E-state index contributed by atoms with van der Waals surface area (Å²) < 4.78 is 0. The summed E-state index contributed by atoms with van der Waals surface area (Å²) in [5.41, 5.74) is 0. The fraction of sp³-hybridized carbons (Fsp3) is 1.00. The molecule has 0 rings (SSSR count). The van der Waals surface area contributed by atoms with Crippen LogP contribution in [0.3, 0.4) is 0 Å². The molecule has 110 valence electrons. The Morgan fingerprint density at radius 2 is 1.39 bits per heavy atom. The summed E-state index contributed by atoms with van der Waals surface area (Å²) in [7, 11) is 0. The van der Waals surface area contributed by atoms with E-state index in [-0.39, 0.29) is 6.10 Å². The van der Waals surface area contributed by atoms with Crippen molar-refractivity contribution < 1.29 is 5.11 Å². The molecule has 0 saturated heterocycles. The summed E-state index contributed by atoms with van der Waals surface area (Å²) >= 11 is 0. The molecule has 0 aromatic carbocycles. The zero-order chi connectivity index (χ0) is 13.8. The lowest BCUT2D eigenvalue weighted by Gasteiger charge is -2.22. The van der Waals surface area contributed by atoms with Crippen molar-refractivity contribution >= 4 is 0 Å². The standard InChI is InChI=1S/C16H35NO/c1-5-7-9-11-15(12-10-8-6-2)17-13-16(18)14(3)4/h14-18H,5-13H2,1-4H3. The predicted octanol–water partition coefficient (Wildman–Crippen LogP) is 4.12. The molecule has 0 amide bonds. The van der Waals surface area contributed by atoms with Crippen LogP contribution >= 0.6 is 0 Å². The van der Waals surface area contributed by atoms with Gasteiger partial charge < -0.3 is 10.4 Å². The Hall–Kier alpha value is -0.0800. The average molecular weight is 257 g/mol. The smallest absolute Gasteiger partial charge is 0.0687 e. The Labute approximate surface area is 115 Å². The lowest BCUT2D eigenvalue weighted by Crippen LogP contribution is -2.37. The molecule has 2 heteroatoms. The predicted molar refractivity (Wildman–Crippen MR) is 80.9 cm³/mol. The van der Waals surface area contributed by atoms with Gasteiger partial charge in [-0.3, -0.25) is 0 Å². The number of aliphatic hydroxyl groups is 1. The minimum absolute atomic E-state index is 0.204. The third kappa shape index (κ3) is 9.90. The van der Waals surface area contributed by atoms with Crippen molar-refractivity contribution in [1.82, 2.24) is 5.32 Å². The topological polar surface area (TPSA) is 32.3 Å². The van der Waals surface area contributed by atoms with Crippen molar-refractivity contribution in [3.63, 3.8) is 0 Å². The van der Waals surface area contributed by atoms with E-state index in [4.69, 9.17) is 0 Å². The number of aliphatic hydroxyl groups excluding tert-OH is 1. The zero-order valence-corrected chi connectivity index (χ0v) is 13.0. The Morgan fingerprint density at radius 3 is 1.78 bits per heavy atom. The van der Waals surface area contributed by atoms with Crippen LogP contribution in [0.15, 0.2) is 0 Å². The van der Waals surface area contributed by atoms with Crippen LogP contribution in [0.5, 0.6) is 0 Å².